The van der Waals surface area contributed by atoms with Gasteiger partial charge >= 0.3 is 12.1 Å². The van der Waals surface area contributed by atoms with E-state index in [9.17, 15) is 27.6 Å². The SMILES string of the molecule is O=C(COC(=O)c1cc(=O)[nH]c2ccccc12)Nc1cc(C(F)(F)F)ccc1N1CCOCC1. The Morgan fingerprint density at radius 1 is 1.09 bits per heavy atom. The minimum atomic E-state index is -4.60. The minimum absolute atomic E-state index is 0.0276. The van der Waals surface area contributed by atoms with Crippen molar-refractivity contribution in [3.8, 4) is 0 Å². The first-order chi connectivity index (χ1) is 16.2. The number of halogens is 3. The summed E-state index contributed by atoms with van der Waals surface area (Å²) >= 11 is 0. The molecule has 1 aliphatic heterocycles. The van der Waals surface area contributed by atoms with Gasteiger partial charge in [-0.25, -0.2) is 4.79 Å². The first kappa shape index (κ1) is 23.3. The fraction of sp³-hybridized carbons (Fsp3) is 0.261. The summed E-state index contributed by atoms with van der Waals surface area (Å²) < 4.78 is 50.0. The maximum Gasteiger partial charge on any atom is 0.416 e. The first-order valence-electron chi connectivity index (χ1n) is 10.4. The summed E-state index contributed by atoms with van der Waals surface area (Å²) in [5, 5.41) is 2.84. The highest BCUT2D eigenvalue weighted by atomic mass is 19.4. The largest absolute Gasteiger partial charge is 0.452 e. The van der Waals surface area contributed by atoms with Crippen molar-refractivity contribution in [1.29, 1.82) is 0 Å². The number of nitrogens with zero attached hydrogens (tertiary/aromatic N) is 1. The van der Waals surface area contributed by atoms with Crippen molar-refractivity contribution in [2.75, 3.05) is 43.1 Å². The number of para-hydroxylation sites is 1. The van der Waals surface area contributed by atoms with E-state index < -0.39 is 35.8 Å². The van der Waals surface area contributed by atoms with Gasteiger partial charge in [0.05, 0.1) is 35.7 Å². The predicted octanol–water partition coefficient (Wildman–Crippen LogP) is 3.18. The lowest BCUT2D eigenvalue weighted by Gasteiger charge is -2.31. The maximum atomic E-state index is 13.2. The van der Waals surface area contributed by atoms with E-state index in [1.54, 1.807) is 29.2 Å². The topological polar surface area (TPSA) is 101 Å². The van der Waals surface area contributed by atoms with Crippen molar-refractivity contribution in [3.63, 3.8) is 0 Å². The number of aromatic amines is 1. The number of H-pyrrole nitrogens is 1. The highest BCUT2D eigenvalue weighted by Gasteiger charge is 2.32. The quantitative estimate of drug-likeness (QED) is 0.550. The summed E-state index contributed by atoms with van der Waals surface area (Å²) in [5.41, 5.74) is -0.706. The number of aromatic nitrogens is 1. The van der Waals surface area contributed by atoms with Gasteiger partial charge in [0.25, 0.3) is 5.91 Å². The molecule has 11 heteroatoms. The number of anilines is 2. The number of esters is 1. The molecular weight excluding hydrogens is 455 g/mol. The fourth-order valence-electron chi connectivity index (χ4n) is 3.66. The Hall–Kier alpha value is -3.86. The molecule has 4 rings (SSSR count). The van der Waals surface area contributed by atoms with Crippen LogP contribution in [-0.2, 0) is 20.4 Å². The lowest BCUT2D eigenvalue weighted by atomic mass is 10.1. The number of carbonyl (C=O) groups is 2. The van der Waals surface area contributed by atoms with E-state index in [0.717, 1.165) is 18.2 Å². The predicted molar refractivity (Wildman–Crippen MR) is 118 cm³/mol. The number of hydrogen-bond donors (Lipinski definition) is 2. The van der Waals surface area contributed by atoms with Crippen molar-refractivity contribution >= 4 is 34.2 Å². The summed E-state index contributed by atoms with van der Waals surface area (Å²) in [5.74, 6) is -1.73. The van der Waals surface area contributed by atoms with Crippen LogP contribution in [0.2, 0.25) is 0 Å². The second-order valence-electron chi connectivity index (χ2n) is 7.55. The van der Waals surface area contributed by atoms with Crippen molar-refractivity contribution < 1.29 is 32.2 Å². The molecule has 0 unspecified atom stereocenters. The summed E-state index contributed by atoms with van der Waals surface area (Å²) in [6.45, 7) is 0.933. The van der Waals surface area contributed by atoms with Gasteiger partial charge in [-0.05, 0) is 24.3 Å². The van der Waals surface area contributed by atoms with Crippen LogP contribution in [0.4, 0.5) is 24.5 Å². The molecule has 178 valence electrons. The second kappa shape index (κ2) is 9.56. The lowest BCUT2D eigenvalue weighted by Crippen LogP contribution is -2.37. The number of hydrogen-bond acceptors (Lipinski definition) is 6. The van der Waals surface area contributed by atoms with Crippen LogP contribution in [0.15, 0.2) is 53.3 Å². The van der Waals surface area contributed by atoms with Gasteiger partial charge in [0.15, 0.2) is 6.61 Å². The van der Waals surface area contributed by atoms with E-state index >= 15 is 0 Å². The average molecular weight is 475 g/mol. The molecule has 0 atom stereocenters. The second-order valence-corrected chi connectivity index (χ2v) is 7.55. The average Bonchev–Trinajstić information content (AvgIpc) is 2.82. The van der Waals surface area contributed by atoms with Crippen molar-refractivity contribution in [1.82, 2.24) is 4.98 Å². The van der Waals surface area contributed by atoms with Gasteiger partial charge in [0, 0.05) is 30.1 Å². The molecule has 1 aromatic heterocycles. The van der Waals surface area contributed by atoms with Gasteiger partial charge in [0.2, 0.25) is 5.56 Å². The Morgan fingerprint density at radius 3 is 2.56 bits per heavy atom. The Balaban J connectivity index is 1.51. The van der Waals surface area contributed by atoms with E-state index in [1.165, 1.54) is 6.07 Å². The van der Waals surface area contributed by atoms with Crippen molar-refractivity contribution in [2.45, 2.75) is 6.18 Å². The van der Waals surface area contributed by atoms with Crippen LogP contribution in [0, 0.1) is 0 Å². The molecule has 0 radical (unpaired) electrons. The van der Waals surface area contributed by atoms with Gasteiger partial charge < -0.3 is 24.7 Å². The molecule has 3 aromatic rings. The zero-order valence-corrected chi connectivity index (χ0v) is 17.8. The third-order valence-electron chi connectivity index (χ3n) is 5.25. The van der Waals surface area contributed by atoms with Crippen LogP contribution in [0.25, 0.3) is 10.9 Å². The normalized spacial score (nSPS) is 14.1. The van der Waals surface area contributed by atoms with Gasteiger partial charge in [0.1, 0.15) is 0 Å². The maximum absolute atomic E-state index is 13.2. The van der Waals surface area contributed by atoms with E-state index in [4.69, 9.17) is 9.47 Å². The van der Waals surface area contributed by atoms with E-state index in [0.29, 0.717) is 42.9 Å². The van der Waals surface area contributed by atoms with Crippen LogP contribution in [0.1, 0.15) is 15.9 Å². The zero-order valence-electron chi connectivity index (χ0n) is 17.8. The molecule has 1 saturated heterocycles. The first-order valence-corrected chi connectivity index (χ1v) is 10.4. The Bertz CT molecular complexity index is 1280. The molecule has 2 N–H and O–H groups in total. The Labute approximate surface area is 191 Å². The number of alkyl halides is 3. The molecule has 1 amide bonds. The van der Waals surface area contributed by atoms with Gasteiger partial charge in [-0.1, -0.05) is 18.2 Å². The summed E-state index contributed by atoms with van der Waals surface area (Å²) in [4.78, 5) is 41.3. The smallest absolute Gasteiger partial charge is 0.416 e. The van der Waals surface area contributed by atoms with Gasteiger partial charge in [-0.3, -0.25) is 9.59 Å². The number of rotatable bonds is 5. The van der Waals surface area contributed by atoms with Crippen LogP contribution in [0.5, 0.6) is 0 Å². The van der Waals surface area contributed by atoms with Crippen LogP contribution < -0.4 is 15.8 Å². The van der Waals surface area contributed by atoms with Crippen molar-refractivity contribution in [2.24, 2.45) is 0 Å². The van der Waals surface area contributed by atoms with E-state index in [1.807, 2.05) is 0 Å². The molecule has 1 fully saturated rings. The lowest BCUT2D eigenvalue weighted by molar-refractivity contribution is -0.137. The van der Waals surface area contributed by atoms with Crippen LogP contribution in [-0.4, -0.2) is 49.8 Å². The molecule has 34 heavy (non-hydrogen) atoms. The number of ether oxygens (including phenoxy) is 2. The van der Waals surface area contributed by atoms with Gasteiger partial charge in [-0.15, -0.1) is 0 Å². The van der Waals surface area contributed by atoms with Crippen LogP contribution >= 0.6 is 0 Å². The van der Waals surface area contributed by atoms with Crippen molar-refractivity contribution in [3.05, 3.63) is 70.0 Å². The number of pyridine rings is 1. The number of nitrogens with one attached hydrogen (secondary N) is 2. The molecule has 0 spiro atoms. The summed E-state index contributed by atoms with van der Waals surface area (Å²) in [6, 6.07) is 10.7. The highest BCUT2D eigenvalue weighted by Crippen LogP contribution is 2.35. The molecule has 2 heterocycles. The Morgan fingerprint density at radius 2 is 1.82 bits per heavy atom. The fourth-order valence-corrected chi connectivity index (χ4v) is 3.66. The summed E-state index contributed by atoms with van der Waals surface area (Å²) in [6.07, 6.45) is -4.60. The summed E-state index contributed by atoms with van der Waals surface area (Å²) in [7, 11) is 0. The van der Waals surface area contributed by atoms with E-state index in [2.05, 4.69) is 10.3 Å². The minimum Gasteiger partial charge on any atom is -0.452 e. The molecule has 1 aliphatic rings. The number of benzene rings is 2. The molecular formula is C23H20F3N3O5. The number of fused-ring (bicyclic) bond motifs is 1. The third kappa shape index (κ3) is 5.20. The number of carbonyl (C=O) groups excluding carboxylic acids is 2. The molecule has 8 nitrogen and oxygen atoms in total. The highest BCUT2D eigenvalue weighted by molar-refractivity contribution is 6.04. The molecule has 0 bridgehead atoms. The standard InChI is InChI=1S/C23H20F3N3O5/c24-23(25,26)14-5-6-19(29-7-9-33-10-8-29)18(11-14)28-21(31)13-34-22(32)16-12-20(30)27-17-4-2-1-3-15(16)17/h1-6,11-12H,7-10,13H2,(H,27,30)(H,28,31). The van der Waals surface area contributed by atoms with Crippen LogP contribution in [0.3, 0.4) is 0 Å². The number of morpholine rings is 1. The molecule has 0 aliphatic carbocycles. The molecule has 2 aromatic carbocycles. The van der Waals surface area contributed by atoms with Gasteiger partial charge in [-0.2, -0.15) is 13.2 Å². The number of amides is 1. The van der Waals surface area contributed by atoms with E-state index in [-0.39, 0.29) is 11.3 Å². The Kier molecular flexibility index (Phi) is 6.55. The monoisotopic (exact) mass is 475 g/mol. The zero-order chi connectivity index (χ0) is 24.3. The molecule has 0 saturated carbocycles. The third-order valence-corrected chi connectivity index (χ3v) is 5.25.